The van der Waals surface area contributed by atoms with Crippen molar-refractivity contribution in [1.29, 1.82) is 0 Å². The summed E-state index contributed by atoms with van der Waals surface area (Å²) in [6.07, 6.45) is 3.57. The molecule has 0 spiro atoms. The highest BCUT2D eigenvalue weighted by atomic mass is 16.4. The second kappa shape index (κ2) is 6.66. The van der Waals surface area contributed by atoms with Gasteiger partial charge < -0.3 is 10.2 Å². The smallest absolute Gasteiger partial charge is 0.306 e. The zero-order chi connectivity index (χ0) is 10.3. The minimum Gasteiger partial charge on any atom is -0.481 e. The molecule has 0 saturated carbocycles. The number of aliphatic carboxylic acids is 1. The second-order valence-electron chi connectivity index (χ2n) is 3.03. The highest BCUT2D eigenvalue weighted by molar-refractivity contribution is 5.67. The van der Waals surface area contributed by atoms with Crippen molar-refractivity contribution >= 4 is 5.97 Å². The quantitative estimate of drug-likeness (QED) is 0.623. The average Bonchev–Trinajstić information content (AvgIpc) is 2.04. The van der Waals surface area contributed by atoms with Crippen LogP contribution in [0.2, 0.25) is 0 Å². The van der Waals surface area contributed by atoms with E-state index in [4.69, 9.17) is 5.11 Å². The lowest BCUT2D eigenvalue weighted by Gasteiger charge is -2.10. The third-order valence-corrected chi connectivity index (χ3v) is 1.90. The Bertz CT molecular complexity index is 185. The summed E-state index contributed by atoms with van der Waals surface area (Å²) in [6, 6.07) is 0. The number of carbonyl (C=O) groups is 1. The van der Waals surface area contributed by atoms with Gasteiger partial charge in [0, 0.05) is 0 Å². The maximum atomic E-state index is 10.3. The van der Waals surface area contributed by atoms with Crippen molar-refractivity contribution in [3.8, 4) is 0 Å². The number of rotatable bonds is 6. The standard InChI is InChI=1S/C10H18O3/c1-3-5-6-8(4-2)9(11)7-10(12)13/h6,9,11H,3-5,7H2,1-2H3,(H,12,13). The van der Waals surface area contributed by atoms with E-state index in [-0.39, 0.29) is 6.42 Å². The molecule has 0 bridgehead atoms. The van der Waals surface area contributed by atoms with Gasteiger partial charge in [0.2, 0.25) is 0 Å². The number of hydrogen-bond acceptors (Lipinski definition) is 2. The lowest BCUT2D eigenvalue weighted by Crippen LogP contribution is -2.15. The summed E-state index contributed by atoms with van der Waals surface area (Å²) in [5.41, 5.74) is 0.837. The van der Waals surface area contributed by atoms with Crippen LogP contribution in [0, 0.1) is 0 Å². The Morgan fingerprint density at radius 2 is 2.08 bits per heavy atom. The van der Waals surface area contributed by atoms with E-state index in [0.29, 0.717) is 6.42 Å². The van der Waals surface area contributed by atoms with E-state index >= 15 is 0 Å². The molecule has 0 rings (SSSR count). The van der Waals surface area contributed by atoms with Crippen molar-refractivity contribution in [2.24, 2.45) is 0 Å². The third-order valence-electron chi connectivity index (χ3n) is 1.90. The van der Waals surface area contributed by atoms with Crippen LogP contribution in [-0.4, -0.2) is 22.3 Å². The molecule has 2 N–H and O–H groups in total. The van der Waals surface area contributed by atoms with E-state index in [2.05, 4.69) is 0 Å². The Balaban J connectivity index is 4.13. The molecule has 3 heteroatoms. The maximum absolute atomic E-state index is 10.3. The number of carboxylic acid groups (broad SMARTS) is 1. The van der Waals surface area contributed by atoms with Crippen LogP contribution in [0.4, 0.5) is 0 Å². The molecule has 0 radical (unpaired) electrons. The summed E-state index contributed by atoms with van der Waals surface area (Å²) in [7, 11) is 0. The Labute approximate surface area is 79.1 Å². The Kier molecular flexibility index (Phi) is 6.24. The van der Waals surface area contributed by atoms with Crippen LogP contribution in [-0.2, 0) is 4.79 Å². The van der Waals surface area contributed by atoms with E-state index in [1.54, 1.807) is 0 Å². The van der Waals surface area contributed by atoms with E-state index in [9.17, 15) is 9.90 Å². The van der Waals surface area contributed by atoms with Crippen molar-refractivity contribution < 1.29 is 15.0 Å². The molecule has 0 amide bonds. The summed E-state index contributed by atoms with van der Waals surface area (Å²) in [6.45, 7) is 3.97. The molecule has 0 aliphatic carbocycles. The number of aliphatic hydroxyl groups excluding tert-OH is 1. The average molecular weight is 186 g/mol. The SMILES string of the molecule is CCCC=C(CC)C(O)CC(=O)O. The first-order chi connectivity index (χ1) is 6.11. The van der Waals surface area contributed by atoms with Crippen molar-refractivity contribution in [3.63, 3.8) is 0 Å². The predicted molar refractivity (Wildman–Crippen MR) is 51.5 cm³/mol. The van der Waals surface area contributed by atoms with E-state index < -0.39 is 12.1 Å². The van der Waals surface area contributed by atoms with Crippen LogP contribution in [0.5, 0.6) is 0 Å². The fraction of sp³-hybridized carbons (Fsp3) is 0.700. The van der Waals surface area contributed by atoms with E-state index in [1.165, 1.54) is 0 Å². The maximum Gasteiger partial charge on any atom is 0.306 e. The largest absolute Gasteiger partial charge is 0.481 e. The lowest BCUT2D eigenvalue weighted by molar-refractivity contribution is -0.138. The van der Waals surface area contributed by atoms with Gasteiger partial charge in [-0.2, -0.15) is 0 Å². The molecular weight excluding hydrogens is 168 g/mol. The van der Waals surface area contributed by atoms with Gasteiger partial charge in [-0.3, -0.25) is 4.79 Å². The first-order valence-electron chi connectivity index (χ1n) is 4.70. The minimum atomic E-state index is -0.955. The summed E-state index contributed by atoms with van der Waals surface area (Å²) in [5.74, 6) is -0.955. The molecule has 0 aliphatic rings. The predicted octanol–water partition coefficient (Wildman–Crippen LogP) is 1.96. The second-order valence-corrected chi connectivity index (χ2v) is 3.03. The molecule has 13 heavy (non-hydrogen) atoms. The van der Waals surface area contributed by atoms with Crippen LogP contribution in [0.1, 0.15) is 39.5 Å². The monoisotopic (exact) mass is 186 g/mol. The molecule has 1 unspecified atom stereocenters. The zero-order valence-corrected chi connectivity index (χ0v) is 8.29. The van der Waals surface area contributed by atoms with Crippen molar-refractivity contribution in [2.45, 2.75) is 45.6 Å². The molecule has 1 atom stereocenters. The first kappa shape index (κ1) is 12.2. The van der Waals surface area contributed by atoms with Crippen molar-refractivity contribution in [2.75, 3.05) is 0 Å². The van der Waals surface area contributed by atoms with E-state index in [1.807, 2.05) is 19.9 Å². The van der Waals surface area contributed by atoms with Crippen LogP contribution in [0.3, 0.4) is 0 Å². The van der Waals surface area contributed by atoms with Gasteiger partial charge in [-0.15, -0.1) is 0 Å². The molecule has 76 valence electrons. The fourth-order valence-corrected chi connectivity index (χ4v) is 1.14. The number of hydrogen-bond donors (Lipinski definition) is 2. The summed E-state index contributed by atoms with van der Waals surface area (Å²) in [5, 5.41) is 17.9. The number of aliphatic hydroxyl groups is 1. The fourth-order valence-electron chi connectivity index (χ4n) is 1.14. The van der Waals surface area contributed by atoms with Crippen LogP contribution in [0.25, 0.3) is 0 Å². The molecule has 3 nitrogen and oxygen atoms in total. The van der Waals surface area contributed by atoms with Gasteiger partial charge in [-0.25, -0.2) is 0 Å². The summed E-state index contributed by atoms with van der Waals surface area (Å²) < 4.78 is 0. The van der Waals surface area contributed by atoms with Crippen LogP contribution < -0.4 is 0 Å². The van der Waals surface area contributed by atoms with E-state index in [0.717, 1.165) is 18.4 Å². The van der Waals surface area contributed by atoms with Crippen LogP contribution >= 0.6 is 0 Å². The Hall–Kier alpha value is -0.830. The molecule has 0 saturated heterocycles. The molecule has 0 aromatic heterocycles. The highest BCUT2D eigenvalue weighted by Gasteiger charge is 2.12. The number of carboxylic acids is 1. The zero-order valence-electron chi connectivity index (χ0n) is 8.29. The van der Waals surface area contributed by atoms with Gasteiger partial charge in [0.25, 0.3) is 0 Å². The van der Waals surface area contributed by atoms with Crippen molar-refractivity contribution in [1.82, 2.24) is 0 Å². The van der Waals surface area contributed by atoms with Crippen molar-refractivity contribution in [3.05, 3.63) is 11.6 Å². The highest BCUT2D eigenvalue weighted by Crippen LogP contribution is 2.12. The summed E-state index contributed by atoms with van der Waals surface area (Å²) in [4.78, 5) is 10.3. The molecule has 0 heterocycles. The minimum absolute atomic E-state index is 0.191. The molecule has 0 aliphatic heterocycles. The molecular formula is C10H18O3. The number of unbranched alkanes of at least 4 members (excludes halogenated alkanes) is 1. The molecule has 0 fully saturated rings. The third kappa shape index (κ3) is 5.42. The first-order valence-corrected chi connectivity index (χ1v) is 4.70. The van der Waals surface area contributed by atoms with Gasteiger partial charge >= 0.3 is 5.97 Å². The molecule has 0 aromatic carbocycles. The topological polar surface area (TPSA) is 57.5 Å². The van der Waals surface area contributed by atoms with Gasteiger partial charge in [0.05, 0.1) is 12.5 Å². The molecule has 0 aromatic rings. The Morgan fingerprint density at radius 3 is 2.46 bits per heavy atom. The lowest BCUT2D eigenvalue weighted by atomic mass is 10.0. The Morgan fingerprint density at radius 1 is 1.46 bits per heavy atom. The van der Waals surface area contributed by atoms with Gasteiger partial charge in [-0.05, 0) is 18.4 Å². The van der Waals surface area contributed by atoms with Crippen LogP contribution in [0.15, 0.2) is 11.6 Å². The van der Waals surface area contributed by atoms with Gasteiger partial charge in [0.1, 0.15) is 0 Å². The summed E-state index contributed by atoms with van der Waals surface area (Å²) >= 11 is 0. The van der Waals surface area contributed by atoms with Gasteiger partial charge in [-0.1, -0.05) is 26.3 Å². The number of allylic oxidation sites excluding steroid dienone is 1. The normalized spacial score (nSPS) is 14.2. The van der Waals surface area contributed by atoms with Gasteiger partial charge in [0.15, 0.2) is 0 Å².